The molecule has 0 aliphatic carbocycles. The second-order valence-electron chi connectivity index (χ2n) is 4.79. The molecule has 1 aromatic carbocycles. The second-order valence-corrected chi connectivity index (χ2v) is 4.79. The van der Waals surface area contributed by atoms with Crippen molar-refractivity contribution in [3.05, 3.63) is 30.1 Å². The van der Waals surface area contributed by atoms with E-state index in [9.17, 15) is 9.18 Å². The summed E-state index contributed by atoms with van der Waals surface area (Å²) in [5.41, 5.74) is 0.571. The fourth-order valence-electron chi connectivity index (χ4n) is 2.49. The molecule has 0 aromatic heterocycles. The van der Waals surface area contributed by atoms with Crippen molar-refractivity contribution < 1.29 is 14.3 Å². The van der Waals surface area contributed by atoms with Gasteiger partial charge in [0, 0.05) is 25.6 Å². The molecule has 1 unspecified atom stereocenters. The SMILES string of the molecule is O=C(O)CCC1CNCCCN1c1ccccc1F. The van der Waals surface area contributed by atoms with Gasteiger partial charge in [0.15, 0.2) is 0 Å². The van der Waals surface area contributed by atoms with Crippen LogP contribution in [0, 0.1) is 5.82 Å². The van der Waals surface area contributed by atoms with Crippen molar-refractivity contribution in [3.63, 3.8) is 0 Å². The van der Waals surface area contributed by atoms with Gasteiger partial charge in [-0.2, -0.15) is 0 Å². The number of benzene rings is 1. The van der Waals surface area contributed by atoms with Crippen LogP contribution in [0.4, 0.5) is 10.1 Å². The molecule has 104 valence electrons. The van der Waals surface area contributed by atoms with E-state index in [0.717, 1.165) is 19.5 Å². The van der Waals surface area contributed by atoms with Gasteiger partial charge in [0.05, 0.1) is 5.69 Å². The molecular weight excluding hydrogens is 247 g/mol. The topological polar surface area (TPSA) is 52.6 Å². The molecule has 0 amide bonds. The van der Waals surface area contributed by atoms with Gasteiger partial charge in [0.25, 0.3) is 0 Å². The molecule has 4 nitrogen and oxygen atoms in total. The average molecular weight is 266 g/mol. The molecule has 0 radical (unpaired) electrons. The zero-order chi connectivity index (χ0) is 13.7. The van der Waals surface area contributed by atoms with Crippen molar-refractivity contribution in [2.45, 2.75) is 25.3 Å². The van der Waals surface area contributed by atoms with Crippen LogP contribution in [0.3, 0.4) is 0 Å². The lowest BCUT2D eigenvalue weighted by Crippen LogP contribution is -2.40. The molecule has 0 bridgehead atoms. The summed E-state index contributed by atoms with van der Waals surface area (Å²) >= 11 is 0. The van der Waals surface area contributed by atoms with E-state index in [2.05, 4.69) is 5.32 Å². The molecule has 1 saturated heterocycles. The van der Waals surface area contributed by atoms with Crippen molar-refractivity contribution in [1.82, 2.24) is 5.32 Å². The highest BCUT2D eigenvalue weighted by molar-refractivity contribution is 5.66. The Morgan fingerprint density at radius 1 is 1.47 bits per heavy atom. The number of hydrogen-bond donors (Lipinski definition) is 2. The number of rotatable bonds is 4. The summed E-state index contributed by atoms with van der Waals surface area (Å²) in [5, 5.41) is 12.1. The van der Waals surface area contributed by atoms with E-state index in [0.29, 0.717) is 18.7 Å². The minimum Gasteiger partial charge on any atom is -0.481 e. The number of carboxylic acids is 1. The maximum absolute atomic E-state index is 13.9. The van der Waals surface area contributed by atoms with E-state index in [4.69, 9.17) is 5.11 Å². The van der Waals surface area contributed by atoms with Gasteiger partial charge in [-0.3, -0.25) is 4.79 Å². The summed E-state index contributed by atoms with van der Waals surface area (Å²) < 4.78 is 13.9. The molecule has 1 aliphatic heterocycles. The lowest BCUT2D eigenvalue weighted by Gasteiger charge is -2.31. The van der Waals surface area contributed by atoms with E-state index >= 15 is 0 Å². The molecule has 1 fully saturated rings. The van der Waals surface area contributed by atoms with E-state index in [1.54, 1.807) is 12.1 Å². The molecule has 2 rings (SSSR count). The first-order chi connectivity index (χ1) is 9.18. The minimum absolute atomic E-state index is 0.0236. The van der Waals surface area contributed by atoms with Crippen LogP contribution in [0.5, 0.6) is 0 Å². The highest BCUT2D eigenvalue weighted by Gasteiger charge is 2.23. The molecule has 5 heteroatoms. The molecule has 1 aliphatic rings. The third kappa shape index (κ3) is 3.67. The maximum atomic E-state index is 13.9. The number of nitrogens with zero attached hydrogens (tertiary/aromatic N) is 1. The van der Waals surface area contributed by atoms with Crippen LogP contribution in [0.25, 0.3) is 0 Å². The maximum Gasteiger partial charge on any atom is 0.303 e. The van der Waals surface area contributed by atoms with Crippen molar-refractivity contribution in [1.29, 1.82) is 0 Å². The Balaban J connectivity index is 2.17. The smallest absolute Gasteiger partial charge is 0.303 e. The number of hydrogen-bond acceptors (Lipinski definition) is 3. The van der Waals surface area contributed by atoms with E-state index in [1.165, 1.54) is 6.07 Å². The van der Waals surface area contributed by atoms with Gasteiger partial charge in [-0.1, -0.05) is 12.1 Å². The van der Waals surface area contributed by atoms with E-state index < -0.39 is 5.97 Å². The Morgan fingerprint density at radius 3 is 3.00 bits per heavy atom. The Hall–Kier alpha value is -1.62. The van der Waals surface area contributed by atoms with Crippen LogP contribution in [0.15, 0.2) is 24.3 Å². The molecule has 0 spiro atoms. The summed E-state index contributed by atoms with van der Waals surface area (Å²) in [7, 11) is 0. The number of anilines is 1. The largest absolute Gasteiger partial charge is 0.481 e. The van der Waals surface area contributed by atoms with Crippen molar-refractivity contribution >= 4 is 11.7 Å². The molecular formula is C14H19FN2O2. The summed E-state index contributed by atoms with van der Waals surface area (Å²) in [5.74, 6) is -1.05. The second kappa shape index (κ2) is 6.52. The fourth-order valence-corrected chi connectivity index (χ4v) is 2.49. The van der Waals surface area contributed by atoms with E-state index in [1.807, 2.05) is 11.0 Å². The van der Waals surface area contributed by atoms with Gasteiger partial charge in [-0.15, -0.1) is 0 Å². The Labute approximate surface area is 112 Å². The first-order valence-electron chi connectivity index (χ1n) is 6.62. The normalized spacial score (nSPS) is 20.1. The monoisotopic (exact) mass is 266 g/mol. The molecule has 1 heterocycles. The number of nitrogens with one attached hydrogen (secondary N) is 1. The molecule has 19 heavy (non-hydrogen) atoms. The van der Waals surface area contributed by atoms with Gasteiger partial charge in [0.1, 0.15) is 5.82 Å². The Morgan fingerprint density at radius 2 is 2.26 bits per heavy atom. The molecule has 1 aromatic rings. The van der Waals surface area contributed by atoms with Crippen molar-refractivity contribution in [3.8, 4) is 0 Å². The van der Waals surface area contributed by atoms with Crippen LogP contribution in [-0.4, -0.2) is 36.8 Å². The average Bonchev–Trinajstić information content (AvgIpc) is 2.62. The van der Waals surface area contributed by atoms with Gasteiger partial charge < -0.3 is 15.3 Å². The highest BCUT2D eigenvalue weighted by Crippen LogP contribution is 2.24. The summed E-state index contributed by atoms with van der Waals surface area (Å²) in [6, 6.07) is 6.71. The van der Waals surface area contributed by atoms with Gasteiger partial charge in [-0.05, 0) is 31.5 Å². The highest BCUT2D eigenvalue weighted by atomic mass is 19.1. The lowest BCUT2D eigenvalue weighted by atomic mass is 10.1. The fraction of sp³-hybridized carbons (Fsp3) is 0.500. The van der Waals surface area contributed by atoms with Crippen LogP contribution < -0.4 is 10.2 Å². The predicted octanol–water partition coefficient (Wildman–Crippen LogP) is 1.86. The summed E-state index contributed by atoms with van der Waals surface area (Å²) in [4.78, 5) is 12.7. The Bertz CT molecular complexity index is 439. The van der Waals surface area contributed by atoms with Crippen LogP contribution in [0.1, 0.15) is 19.3 Å². The Kier molecular flexibility index (Phi) is 4.74. The van der Waals surface area contributed by atoms with Crippen LogP contribution >= 0.6 is 0 Å². The summed E-state index contributed by atoms with van der Waals surface area (Å²) in [6.45, 7) is 2.33. The molecule has 0 saturated carbocycles. The third-order valence-corrected chi connectivity index (χ3v) is 3.43. The number of carbonyl (C=O) groups is 1. The van der Waals surface area contributed by atoms with Crippen LogP contribution in [0.2, 0.25) is 0 Å². The van der Waals surface area contributed by atoms with Crippen LogP contribution in [-0.2, 0) is 4.79 Å². The zero-order valence-corrected chi connectivity index (χ0v) is 10.8. The summed E-state index contributed by atoms with van der Waals surface area (Å²) in [6.07, 6.45) is 1.56. The third-order valence-electron chi connectivity index (χ3n) is 3.43. The lowest BCUT2D eigenvalue weighted by molar-refractivity contribution is -0.137. The van der Waals surface area contributed by atoms with Gasteiger partial charge in [-0.25, -0.2) is 4.39 Å². The van der Waals surface area contributed by atoms with Crippen molar-refractivity contribution in [2.24, 2.45) is 0 Å². The number of carboxylic acid groups (broad SMARTS) is 1. The predicted molar refractivity (Wildman–Crippen MR) is 71.9 cm³/mol. The zero-order valence-electron chi connectivity index (χ0n) is 10.8. The first kappa shape index (κ1) is 13.8. The van der Waals surface area contributed by atoms with E-state index in [-0.39, 0.29) is 18.3 Å². The quantitative estimate of drug-likeness (QED) is 0.873. The number of aliphatic carboxylic acids is 1. The van der Waals surface area contributed by atoms with Crippen molar-refractivity contribution in [2.75, 3.05) is 24.5 Å². The number of halogens is 1. The number of para-hydroxylation sites is 1. The first-order valence-corrected chi connectivity index (χ1v) is 6.62. The van der Waals surface area contributed by atoms with Gasteiger partial charge >= 0.3 is 5.97 Å². The molecule has 2 N–H and O–H groups in total. The standard InChI is InChI=1S/C14H19FN2O2/c15-12-4-1-2-5-13(12)17-9-3-8-16-10-11(17)6-7-14(18)19/h1-2,4-5,11,16H,3,6-10H2,(H,18,19). The molecule has 1 atom stereocenters. The minimum atomic E-state index is -0.808. The van der Waals surface area contributed by atoms with Gasteiger partial charge in [0.2, 0.25) is 0 Å².